The van der Waals surface area contributed by atoms with Crippen molar-refractivity contribution >= 4 is 5.97 Å². The second-order valence-corrected chi connectivity index (χ2v) is 8.42. The number of hydrogen-bond acceptors (Lipinski definition) is 5. The zero-order valence-electron chi connectivity index (χ0n) is 17.5. The maximum atomic E-state index is 11.4. The van der Waals surface area contributed by atoms with Crippen molar-refractivity contribution < 1.29 is 24.5 Å². The van der Waals surface area contributed by atoms with Gasteiger partial charge in [0, 0.05) is 5.92 Å². The smallest absolute Gasteiger partial charge is 0.343 e. The van der Waals surface area contributed by atoms with Crippen LogP contribution in [-0.4, -0.2) is 42.1 Å². The Labute approximate surface area is 173 Å². The number of rotatable bonds is 9. The molecule has 0 saturated heterocycles. The van der Waals surface area contributed by atoms with Crippen LogP contribution in [-0.2, 0) is 22.4 Å². The average Bonchev–Trinajstić information content (AvgIpc) is 3.02. The Morgan fingerprint density at radius 2 is 2.14 bits per heavy atom. The van der Waals surface area contributed by atoms with Crippen LogP contribution in [0.25, 0.3) is 0 Å². The van der Waals surface area contributed by atoms with E-state index < -0.39 is 12.1 Å². The lowest BCUT2D eigenvalue weighted by molar-refractivity contribution is -0.142. The molecule has 5 atom stereocenters. The molecule has 5 nitrogen and oxygen atoms in total. The third kappa shape index (κ3) is 5.40. The predicted octanol–water partition coefficient (Wildman–Crippen LogP) is 3.45. The van der Waals surface area contributed by atoms with Gasteiger partial charge in [0.15, 0.2) is 6.61 Å². The van der Waals surface area contributed by atoms with E-state index in [2.05, 4.69) is 23.8 Å². The zero-order chi connectivity index (χ0) is 20.8. The summed E-state index contributed by atoms with van der Waals surface area (Å²) in [5, 5.41) is 20.9. The molecule has 160 valence electrons. The Kier molecular flexibility index (Phi) is 7.73. The van der Waals surface area contributed by atoms with Crippen LogP contribution in [0.4, 0.5) is 0 Å². The van der Waals surface area contributed by atoms with E-state index in [1.54, 1.807) is 0 Å². The summed E-state index contributed by atoms with van der Waals surface area (Å²) in [7, 11) is 1.35. The van der Waals surface area contributed by atoms with Gasteiger partial charge in [0.05, 0.1) is 19.3 Å². The van der Waals surface area contributed by atoms with E-state index in [1.165, 1.54) is 12.7 Å². The molecular formula is C24H34O5. The minimum atomic E-state index is -0.429. The quantitative estimate of drug-likeness (QED) is 0.376. The molecule has 0 aromatic heterocycles. The summed E-state index contributed by atoms with van der Waals surface area (Å²) in [5.41, 5.74) is 2.37. The molecular weight excluding hydrogens is 368 g/mol. The number of hydrogen-bond donors (Lipinski definition) is 2. The standard InChI is InChI=1S/C24H34O5/c1-3-4-5-8-18(25)10-11-19-20-12-16-7-6-9-23(29-15-24(27)28-2)21(16)13-17(20)14-22(19)26/h6-7,9-11,17-20,22,25-26H,3-5,8,12-15H2,1-2H3/t17-,18?,19+,20-,22+/m0/s1. The Balaban J connectivity index is 1.68. The lowest BCUT2D eigenvalue weighted by atomic mass is 9.74. The molecule has 1 aromatic carbocycles. The van der Waals surface area contributed by atoms with Crippen molar-refractivity contribution in [2.24, 2.45) is 17.8 Å². The van der Waals surface area contributed by atoms with Crippen LogP contribution in [0.2, 0.25) is 0 Å². The number of carbonyl (C=O) groups excluding carboxylic acids is 1. The van der Waals surface area contributed by atoms with Crippen LogP contribution in [0.5, 0.6) is 5.75 Å². The van der Waals surface area contributed by atoms with Crippen molar-refractivity contribution in [2.45, 2.75) is 64.1 Å². The number of benzene rings is 1. The highest BCUT2D eigenvalue weighted by molar-refractivity contribution is 5.71. The molecule has 0 bridgehead atoms. The van der Waals surface area contributed by atoms with Gasteiger partial charge in [-0.3, -0.25) is 0 Å². The number of fused-ring (bicyclic) bond motifs is 2. The van der Waals surface area contributed by atoms with Crippen molar-refractivity contribution in [2.75, 3.05) is 13.7 Å². The van der Waals surface area contributed by atoms with E-state index in [0.29, 0.717) is 11.8 Å². The number of methoxy groups -OCH3 is 1. The highest BCUT2D eigenvalue weighted by Gasteiger charge is 2.44. The molecule has 29 heavy (non-hydrogen) atoms. The summed E-state index contributed by atoms with van der Waals surface area (Å²) in [4.78, 5) is 11.4. The van der Waals surface area contributed by atoms with Gasteiger partial charge in [-0.15, -0.1) is 0 Å². The highest BCUT2D eigenvalue weighted by Crippen LogP contribution is 2.47. The molecule has 2 aliphatic carbocycles. The molecule has 1 fully saturated rings. The van der Waals surface area contributed by atoms with Crippen molar-refractivity contribution in [3.63, 3.8) is 0 Å². The van der Waals surface area contributed by atoms with Crippen LogP contribution in [0.15, 0.2) is 30.4 Å². The topological polar surface area (TPSA) is 76.0 Å². The summed E-state index contributed by atoms with van der Waals surface area (Å²) in [6, 6.07) is 5.97. The largest absolute Gasteiger partial charge is 0.482 e. The fourth-order valence-corrected chi connectivity index (χ4v) is 4.89. The molecule has 5 heteroatoms. The molecule has 0 amide bonds. The maximum Gasteiger partial charge on any atom is 0.343 e. The Hall–Kier alpha value is -1.85. The maximum absolute atomic E-state index is 11.4. The molecule has 1 unspecified atom stereocenters. The Bertz CT molecular complexity index is 713. The minimum Gasteiger partial charge on any atom is -0.482 e. The predicted molar refractivity (Wildman–Crippen MR) is 112 cm³/mol. The fraction of sp³-hybridized carbons (Fsp3) is 0.625. The second-order valence-electron chi connectivity index (χ2n) is 8.42. The molecule has 2 aliphatic rings. The van der Waals surface area contributed by atoms with E-state index >= 15 is 0 Å². The number of ether oxygens (including phenoxy) is 2. The van der Waals surface area contributed by atoms with Gasteiger partial charge in [-0.2, -0.15) is 0 Å². The molecule has 1 aromatic rings. The highest BCUT2D eigenvalue weighted by atomic mass is 16.6. The molecule has 1 saturated carbocycles. The molecule has 0 heterocycles. The Morgan fingerprint density at radius 1 is 1.31 bits per heavy atom. The molecule has 0 spiro atoms. The summed E-state index contributed by atoms with van der Waals surface area (Å²) < 4.78 is 10.4. The minimum absolute atomic E-state index is 0.0774. The molecule has 3 rings (SSSR count). The van der Waals surface area contributed by atoms with Gasteiger partial charge in [-0.1, -0.05) is 50.5 Å². The van der Waals surface area contributed by atoms with E-state index in [1.807, 2.05) is 18.2 Å². The second kappa shape index (κ2) is 10.3. The summed E-state index contributed by atoms with van der Waals surface area (Å²) in [6.45, 7) is 2.06. The Morgan fingerprint density at radius 3 is 2.90 bits per heavy atom. The number of aliphatic hydroxyl groups is 2. The van der Waals surface area contributed by atoms with Gasteiger partial charge in [0.1, 0.15) is 5.75 Å². The zero-order valence-corrected chi connectivity index (χ0v) is 17.5. The first-order chi connectivity index (χ1) is 14.0. The van der Waals surface area contributed by atoms with Gasteiger partial charge >= 0.3 is 5.97 Å². The van der Waals surface area contributed by atoms with Crippen molar-refractivity contribution in [3.8, 4) is 5.75 Å². The summed E-state index contributed by atoms with van der Waals surface area (Å²) >= 11 is 0. The number of carbonyl (C=O) groups is 1. The van der Waals surface area contributed by atoms with Gasteiger partial charge in [0.25, 0.3) is 0 Å². The van der Waals surface area contributed by atoms with E-state index in [0.717, 1.165) is 56.3 Å². The van der Waals surface area contributed by atoms with Crippen molar-refractivity contribution in [1.82, 2.24) is 0 Å². The normalized spacial score (nSPS) is 26.8. The lowest BCUT2D eigenvalue weighted by Gasteiger charge is -2.31. The summed E-state index contributed by atoms with van der Waals surface area (Å²) in [5.74, 6) is 1.18. The molecule has 0 radical (unpaired) electrons. The number of unbranched alkanes of at least 4 members (excludes halogenated alkanes) is 2. The fourth-order valence-electron chi connectivity index (χ4n) is 4.89. The SMILES string of the molecule is CCCCCC(O)C=C[C@@H]1[C@H]2Cc3cccc(OCC(=O)OC)c3C[C@H]2C[C@H]1O. The number of esters is 1. The van der Waals surface area contributed by atoms with Gasteiger partial charge in [-0.05, 0) is 54.7 Å². The third-order valence-electron chi connectivity index (χ3n) is 6.47. The van der Waals surface area contributed by atoms with Crippen LogP contribution >= 0.6 is 0 Å². The van der Waals surface area contributed by atoms with Crippen LogP contribution in [0, 0.1) is 17.8 Å². The molecule has 0 aliphatic heterocycles. The first-order valence-electron chi connectivity index (χ1n) is 10.9. The lowest BCUT2D eigenvalue weighted by Crippen LogP contribution is -2.26. The van der Waals surface area contributed by atoms with Crippen LogP contribution < -0.4 is 4.74 Å². The van der Waals surface area contributed by atoms with Crippen LogP contribution in [0.1, 0.15) is 50.2 Å². The first-order valence-corrected chi connectivity index (χ1v) is 10.9. The van der Waals surface area contributed by atoms with Crippen molar-refractivity contribution in [3.05, 3.63) is 41.5 Å². The van der Waals surface area contributed by atoms with Crippen molar-refractivity contribution in [1.29, 1.82) is 0 Å². The van der Waals surface area contributed by atoms with Gasteiger partial charge < -0.3 is 19.7 Å². The van der Waals surface area contributed by atoms with Gasteiger partial charge in [-0.25, -0.2) is 4.79 Å². The number of aliphatic hydroxyl groups excluding tert-OH is 2. The third-order valence-corrected chi connectivity index (χ3v) is 6.47. The monoisotopic (exact) mass is 402 g/mol. The average molecular weight is 403 g/mol. The van der Waals surface area contributed by atoms with E-state index in [4.69, 9.17) is 4.74 Å². The van der Waals surface area contributed by atoms with Crippen LogP contribution in [0.3, 0.4) is 0 Å². The summed E-state index contributed by atoms with van der Waals surface area (Å²) in [6.07, 6.45) is 9.71. The molecule has 2 N–H and O–H groups in total. The first kappa shape index (κ1) is 21.8. The van der Waals surface area contributed by atoms with E-state index in [9.17, 15) is 15.0 Å². The van der Waals surface area contributed by atoms with E-state index in [-0.39, 0.29) is 18.6 Å². The van der Waals surface area contributed by atoms with Gasteiger partial charge in [0.2, 0.25) is 0 Å².